The molecule has 1 amide bonds. The van der Waals surface area contributed by atoms with E-state index in [2.05, 4.69) is 69.8 Å². The average Bonchev–Trinajstić information content (AvgIpc) is 3.02. The smallest absolute Gasteiger partial charge is 0.261 e. The van der Waals surface area contributed by atoms with Gasteiger partial charge in [-0.3, -0.25) is 9.52 Å². The lowest BCUT2D eigenvalue weighted by Crippen LogP contribution is -2.26. The summed E-state index contributed by atoms with van der Waals surface area (Å²) in [4.78, 5) is 12.9. The lowest BCUT2D eigenvalue weighted by Gasteiger charge is -2.30. The van der Waals surface area contributed by atoms with E-state index in [-0.39, 0.29) is 32.9 Å². The second-order valence-corrected chi connectivity index (χ2v) is 14.1. The molecule has 234 valence electrons. The van der Waals surface area contributed by atoms with Crippen molar-refractivity contribution < 1.29 is 23.1 Å². The molecule has 0 radical (unpaired) electrons. The summed E-state index contributed by atoms with van der Waals surface area (Å²) >= 11 is 0. The molecule has 0 atom stereocenters. The van der Waals surface area contributed by atoms with Crippen LogP contribution in [-0.4, -0.2) is 32.6 Å². The van der Waals surface area contributed by atoms with Gasteiger partial charge in [0.05, 0.1) is 17.2 Å². The fourth-order valence-corrected chi connectivity index (χ4v) is 6.06. The number of phenolic OH excluding ortho intramolecular Hbond substituents is 1. The van der Waals surface area contributed by atoms with Gasteiger partial charge in [-0.25, -0.2) is 8.42 Å². The molecule has 0 unspecified atom stereocenters. The predicted molar refractivity (Wildman–Crippen MR) is 178 cm³/mol. The van der Waals surface area contributed by atoms with Gasteiger partial charge >= 0.3 is 0 Å². The number of sulfonamides is 1. The summed E-state index contributed by atoms with van der Waals surface area (Å²) in [6.45, 7) is 14.2. The molecule has 0 saturated heterocycles. The Balaban J connectivity index is 1.38. The molecule has 44 heavy (non-hydrogen) atoms. The molecular formula is C36H44N2O5S. The van der Waals surface area contributed by atoms with E-state index in [4.69, 9.17) is 4.74 Å². The highest BCUT2D eigenvalue weighted by molar-refractivity contribution is 7.92. The molecule has 3 N–H and O–H groups in total. The van der Waals surface area contributed by atoms with Crippen molar-refractivity contribution in [2.45, 2.75) is 76.5 Å². The first-order valence-electron chi connectivity index (χ1n) is 15.2. The number of nitrogens with one attached hydrogen (secondary N) is 2. The zero-order chi connectivity index (χ0) is 32.1. The van der Waals surface area contributed by atoms with E-state index in [0.717, 1.165) is 18.6 Å². The standard InChI is InChI=1S/C36H44N2O5S/c1-7-35(3,4)26-17-20-33(30(24-26)36(5,6)8-2)43-22-12-21-37-34(40)25-13-11-14-27(23-25)44(41,42)38-31-18-19-32(39)29-16-10-9-15-28(29)31/h9-11,13-20,23-24,38-39H,7-8,12,21-22H2,1-6H3,(H,37,40). The maximum Gasteiger partial charge on any atom is 0.261 e. The molecule has 8 heteroatoms. The van der Waals surface area contributed by atoms with Crippen LogP contribution in [0.15, 0.2) is 83.8 Å². The van der Waals surface area contributed by atoms with E-state index < -0.39 is 10.0 Å². The highest BCUT2D eigenvalue weighted by Crippen LogP contribution is 2.38. The molecule has 0 bridgehead atoms. The molecule has 0 fully saturated rings. The van der Waals surface area contributed by atoms with Crippen LogP contribution in [0.3, 0.4) is 0 Å². The number of carbonyl (C=O) groups excluding carboxylic acids is 1. The topological polar surface area (TPSA) is 105 Å². The molecule has 4 aromatic carbocycles. The summed E-state index contributed by atoms with van der Waals surface area (Å²) in [5.74, 6) is 0.563. The molecule has 0 heterocycles. The van der Waals surface area contributed by atoms with Gasteiger partial charge in [-0.1, -0.05) is 84.0 Å². The zero-order valence-corrected chi connectivity index (χ0v) is 27.3. The number of amides is 1. The molecule has 0 aliphatic heterocycles. The van der Waals surface area contributed by atoms with Gasteiger partial charge in [0, 0.05) is 28.4 Å². The first-order valence-corrected chi connectivity index (χ1v) is 16.7. The van der Waals surface area contributed by atoms with Crippen molar-refractivity contribution in [1.82, 2.24) is 5.32 Å². The minimum absolute atomic E-state index is 0.0357. The third-order valence-corrected chi connectivity index (χ3v) is 10.0. The average molecular weight is 617 g/mol. The fourth-order valence-electron chi connectivity index (χ4n) is 4.94. The van der Waals surface area contributed by atoms with Gasteiger partial charge in [-0.2, -0.15) is 0 Å². The number of rotatable bonds is 13. The number of benzene rings is 4. The Morgan fingerprint density at radius 3 is 2.25 bits per heavy atom. The summed E-state index contributed by atoms with van der Waals surface area (Å²) in [7, 11) is -4.00. The van der Waals surface area contributed by atoms with Crippen LogP contribution in [0.25, 0.3) is 10.8 Å². The van der Waals surface area contributed by atoms with Gasteiger partial charge in [0.25, 0.3) is 15.9 Å². The molecule has 0 saturated carbocycles. The predicted octanol–water partition coefficient (Wildman–Crippen LogP) is 7.92. The lowest BCUT2D eigenvalue weighted by molar-refractivity contribution is 0.0951. The highest BCUT2D eigenvalue weighted by Gasteiger charge is 2.26. The number of carbonyl (C=O) groups is 1. The van der Waals surface area contributed by atoms with E-state index in [1.54, 1.807) is 36.4 Å². The molecular weight excluding hydrogens is 572 g/mol. The van der Waals surface area contributed by atoms with Crippen LogP contribution in [0.5, 0.6) is 11.5 Å². The molecule has 7 nitrogen and oxygen atoms in total. The largest absolute Gasteiger partial charge is 0.507 e. The summed E-state index contributed by atoms with van der Waals surface area (Å²) in [5, 5.41) is 14.1. The van der Waals surface area contributed by atoms with Crippen molar-refractivity contribution in [3.8, 4) is 11.5 Å². The molecule has 0 aliphatic rings. The Morgan fingerprint density at radius 1 is 0.841 bits per heavy atom. The van der Waals surface area contributed by atoms with E-state index in [9.17, 15) is 18.3 Å². The van der Waals surface area contributed by atoms with Crippen LogP contribution in [-0.2, 0) is 20.9 Å². The molecule has 0 aromatic heterocycles. The van der Waals surface area contributed by atoms with Gasteiger partial charge in [-0.05, 0) is 72.1 Å². The second kappa shape index (κ2) is 13.3. The van der Waals surface area contributed by atoms with Crippen LogP contribution >= 0.6 is 0 Å². The van der Waals surface area contributed by atoms with Gasteiger partial charge in [0.2, 0.25) is 0 Å². The van der Waals surface area contributed by atoms with Crippen LogP contribution in [0, 0.1) is 0 Å². The summed E-state index contributed by atoms with van der Waals surface area (Å²) < 4.78 is 35.3. The quantitative estimate of drug-likeness (QED) is 0.105. The first kappa shape index (κ1) is 32.9. The first-order chi connectivity index (χ1) is 20.8. The van der Waals surface area contributed by atoms with E-state index in [1.165, 1.54) is 35.4 Å². The Bertz CT molecular complexity index is 1740. The molecule has 4 aromatic rings. The number of anilines is 1. The van der Waals surface area contributed by atoms with Crippen LogP contribution in [0.4, 0.5) is 5.69 Å². The van der Waals surface area contributed by atoms with Crippen LogP contribution < -0.4 is 14.8 Å². The van der Waals surface area contributed by atoms with Crippen molar-refractivity contribution in [2.24, 2.45) is 0 Å². The van der Waals surface area contributed by atoms with Crippen molar-refractivity contribution >= 4 is 32.4 Å². The number of phenols is 1. The van der Waals surface area contributed by atoms with Gasteiger partial charge < -0.3 is 15.2 Å². The number of ether oxygens (including phenoxy) is 1. The highest BCUT2D eigenvalue weighted by atomic mass is 32.2. The summed E-state index contributed by atoms with van der Waals surface area (Å²) in [5.41, 5.74) is 3.10. The third-order valence-electron chi connectivity index (χ3n) is 8.67. The maximum absolute atomic E-state index is 13.2. The van der Waals surface area contributed by atoms with Gasteiger partial charge in [-0.15, -0.1) is 0 Å². The fraction of sp³-hybridized carbons (Fsp3) is 0.361. The van der Waals surface area contributed by atoms with Crippen molar-refractivity contribution in [3.63, 3.8) is 0 Å². The molecule has 0 spiro atoms. The number of aromatic hydroxyl groups is 1. The van der Waals surface area contributed by atoms with Gasteiger partial charge in [0.15, 0.2) is 0 Å². The molecule has 0 aliphatic carbocycles. The number of hydrogen-bond donors (Lipinski definition) is 3. The van der Waals surface area contributed by atoms with Crippen molar-refractivity contribution in [2.75, 3.05) is 17.9 Å². The minimum atomic E-state index is -4.00. The van der Waals surface area contributed by atoms with Crippen molar-refractivity contribution in [1.29, 1.82) is 0 Å². The number of fused-ring (bicyclic) bond motifs is 1. The maximum atomic E-state index is 13.2. The van der Waals surface area contributed by atoms with Crippen LogP contribution in [0.2, 0.25) is 0 Å². The van der Waals surface area contributed by atoms with E-state index >= 15 is 0 Å². The summed E-state index contributed by atoms with van der Waals surface area (Å²) in [6.07, 6.45) is 2.61. The van der Waals surface area contributed by atoms with Crippen LogP contribution in [0.1, 0.15) is 82.3 Å². The Hall–Kier alpha value is -4.04. The Labute approximate surface area is 261 Å². The van der Waals surface area contributed by atoms with E-state index in [0.29, 0.717) is 36.0 Å². The number of hydrogen-bond acceptors (Lipinski definition) is 5. The summed E-state index contributed by atoms with van der Waals surface area (Å²) in [6, 6.07) is 22.4. The normalized spacial score (nSPS) is 12.2. The SMILES string of the molecule is CCC(C)(C)c1ccc(OCCCNC(=O)c2cccc(S(=O)(=O)Nc3ccc(O)c4ccccc34)c2)c(C(C)(C)CC)c1. The Kier molecular flexibility index (Phi) is 9.94. The van der Waals surface area contributed by atoms with Crippen molar-refractivity contribution in [3.05, 3.63) is 95.6 Å². The zero-order valence-electron chi connectivity index (χ0n) is 26.5. The second-order valence-electron chi connectivity index (χ2n) is 12.5. The van der Waals surface area contributed by atoms with E-state index in [1.807, 2.05) is 0 Å². The lowest BCUT2D eigenvalue weighted by atomic mass is 9.76. The minimum Gasteiger partial charge on any atom is -0.507 e. The third kappa shape index (κ3) is 7.36. The molecule has 4 rings (SSSR count). The monoisotopic (exact) mass is 616 g/mol. The van der Waals surface area contributed by atoms with Gasteiger partial charge in [0.1, 0.15) is 11.5 Å². The Morgan fingerprint density at radius 2 is 1.55 bits per heavy atom.